The van der Waals surface area contributed by atoms with Gasteiger partial charge in [0.25, 0.3) is 5.91 Å². The summed E-state index contributed by atoms with van der Waals surface area (Å²) in [6.45, 7) is 6.75. The van der Waals surface area contributed by atoms with Crippen molar-refractivity contribution in [2.45, 2.75) is 58.4 Å². The van der Waals surface area contributed by atoms with Crippen LogP contribution >= 0.6 is 0 Å². The highest BCUT2D eigenvalue weighted by Gasteiger charge is 2.52. The van der Waals surface area contributed by atoms with Gasteiger partial charge in [-0.15, -0.1) is 0 Å². The minimum absolute atomic E-state index is 0.179. The van der Waals surface area contributed by atoms with Gasteiger partial charge in [-0.3, -0.25) is 14.4 Å². The van der Waals surface area contributed by atoms with Gasteiger partial charge in [0.2, 0.25) is 5.91 Å². The maximum absolute atomic E-state index is 12.2. The summed E-state index contributed by atoms with van der Waals surface area (Å²) in [5.41, 5.74) is 0. The molecule has 5 atom stereocenters. The summed E-state index contributed by atoms with van der Waals surface area (Å²) in [5, 5.41) is 13.7. The Bertz CT molecular complexity index is 508. The van der Waals surface area contributed by atoms with Gasteiger partial charge >= 0.3 is 11.9 Å². The maximum atomic E-state index is 12.2. The number of epoxide rings is 1. The number of carbonyl (C=O) groups excluding carboxylic acids is 3. The molecule has 0 spiro atoms. The van der Waals surface area contributed by atoms with Crippen molar-refractivity contribution in [1.29, 1.82) is 0 Å². The molecule has 9 nitrogen and oxygen atoms in total. The van der Waals surface area contributed by atoms with Crippen LogP contribution in [0, 0.1) is 5.92 Å². The first kappa shape index (κ1) is 19.9. The average Bonchev–Trinajstić information content (AvgIpc) is 3.32. The number of carboxylic acids is 1. The van der Waals surface area contributed by atoms with Crippen molar-refractivity contribution in [2.75, 3.05) is 6.61 Å². The van der Waals surface area contributed by atoms with Crippen LogP contribution in [0.2, 0.25) is 0 Å². The molecule has 9 heteroatoms. The molecule has 1 aliphatic heterocycles. The van der Waals surface area contributed by atoms with Gasteiger partial charge in [0.15, 0.2) is 12.2 Å². The van der Waals surface area contributed by atoms with Gasteiger partial charge in [-0.1, -0.05) is 20.3 Å². The molecule has 0 aromatic rings. The largest absolute Gasteiger partial charge is 0.480 e. The summed E-state index contributed by atoms with van der Waals surface area (Å²) in [5.74, 6) is -3.22. The highest BCUT2D eigenvalue weighted by atomic mass is 16.6. The van der Waals surface area contributed by atoms with Gasteiger partial charge in [0.05, 0.1) is 6.61 Å². The van der Waals surface area contributed by atoms with Crippen LogP contribution in [0.4, 0.5) is 0 Å². The quantitative estimate of drug-likeness (QED) is 0.377. The molecule has 24 heavy (non-hydrogen) atoms. The number of amides is 2. The number of ether oxygens (including phenoxy) is 2. The molecular formula is C15H24N2O7. The second kappa shape index (κ2) is 8.62. The summed E-state index contributed by atoms with van der Waals surface area (Å²) >= 11 is 0. The second-order valence-corrected chi connectivity index (χ2v) is 5.67. The predicted octanol–water partition coefficient (Wildman–Crippen LogP) is -0.563. The van der Waals surface area contributed by atoms with E-state index < -0.39 is 48.0 Å². The van der Waals surface area contributed by atoms with Gasteiger partial charge in [-0.25, -0.2) is 4.79 Å². The molecule has 3 N–H and O–H groups in total. The van der Waals surface area contributed by atoms with Crippen molar-refractivity contribution in [2.24, 2.45) is 5.92 Å². The Morgan fingerprint density at radius 1 is 1.12 bits per heavy atom. The lowest BCUT2D eigenvalue weighted by Gasteiger charge is -2.24. The molecular weight excluding hydrogens is 320 g/mol. The van der Waals surface area contributed by atoms with Crippen molar-refractivity contribution in [3.63, 3.8) is 0 Å². The minimum Gasteiger partial charge on any atom is -0.480 e. The van der Waals surface area contributed by atoms with Crippen molar-refractivity contribution >= 4 is 23.8 Å². The lowest BCUT2D eigenvalue weighted by atomic mass is 9.97. The van der Waals surface area contributed by atoms with Crippen molar-refractivity contribution in [1.82, 2.24) is 10.6 Å². The molecule has 0 aliphatic carbocycles. The number of nitrogens with one attached hydrogen (secondary N) is 2. The van der Waals surface area contributed by atoms with Crippen LogP contribution in [0.25, 0.3) is 0 Å². The highest BCUT2D eigenvalue weighted by molar-refractivity contribution is 5.96. The third-order valence-electron chi connectivity index (χ3n) is 3.79. The molecule has 0 unspecified atom stereocenters. The van der Waals surface area contributed by atoms with Crippen LogP contribution in [-0.4, -0.2) is 59.8 Å². The molecule has 0 aromatic carbocycles. The molecule has 1 fully saturated rings. The molecule has 0 aromatic heterocycles. The van der Waals surface area contributed by atoms with Gasteiger partial charge < -0.3 is 25.2 Å². The van der Waals surface area contributed by atoms with Crippen LogP contribution in [-0.2, 0) is 28.7 Å². The first-order chi connectivity index (χ1) is 11.2. The Morgan fingerprint density at radius 2 is 1.75 bits per heavy atom. The molecule has 1 saturated heterocycles. The Kier molecular flexibility index (Phi) is 7.15. The Labute approximate surface area is 140 Å². The molecule has 1 rings (SSSR count). The zero-order chi connectivity index (χ0) is 18.4. The summed E-state index contributed by atoms with van der Waals surface area (Å²) in [7, 11) is 0. The Balaban J connectivity index is 2.67. The van der Waals surface area contributed by atoms with Crippen LogP contribution < -0.4 is 10.6 Å². The number of hydrogen-bond donors (Lipinski definition) is 3. The smallest absolute Gasteiger partial charge is 0.338 e. The number of hydrogen-bond acceptors (Lipinski definition) is 6. The summed E-state index contributed by atoms with van der Waals surface area (Å²) < 4.78 is 9.75. The molecule has 0 radical (unpaired) electrons. The summed E-state index contributed by atoms with van der Waals surface area (Å²) in [6.07, 6.45) is -1.35. The normalized spacial score (nSPS) is 22.7. The van der Waals surface area contributed by atoms with E-state index in [4.69, 9.17) is 14.6 Å². The topological polar surface area (TPSA) is 134 Å². The number of aliphatic carboxylic acids is 1. The zero-order valence-corrected chi connectivity index (χ0v) is 14.2. The fourth-order valence-electron chi connectivity index (χ4n) is 2.02. The first-order valence-corrected chi connectivity index (χ1v) is 7.88. The van der Waals surface area contributed by atoms with E-state index >= 15 is 0 Å². The van der Waals surface area contributed by atoms with E-state index in [1.54, 1.807) is 13.8 Å². The number of carbonyl (C=O) groups is 4. The van der Waals surface area contributed by atoms with Crippen molar-refractivity contribution in [3.05, 3.63) is 0 Å². The molecule has 1 heterocycles. The standard InChI is InChI=1S/C15H24N2O7/c1-5-7(3)9(12(18)16-8(4)14(20)21)17-13(19)10-11(24-10)15(22)23-6-2/h7-11H,5-6H2,1-4H3,(H,16,18)(H,17,19)(H,20,21)/t7-,8-,9-,10-,11-/m0/s1. The van der Waals surface area contributed by atoms with Gasteiger partial charge in [-0.05, 0) is 19.8 Å². The first-order valence-electron chi connectivity index (χ1n) is 7.88. The third kappa shape index (κ3) is 5.19. The maximum Gasteiger partial charge on any atom is 0.338 e. The predicted molar refractivity (Wildman–Crippen MR) is 81.9 cm³/mol. The fraction of sp³-hybridized carbons (Fsp3) is 0.733. The van der Waals surface area contributed by atoms with E-state index in [1.807, 2.05) is 6.92 Å². The highest BCUT2D eigenvalue weighted by Crippen LogP contribution is 2.24. The van der Waals surface area contributed by atoms with Gasteiger partial charge in [0.1, 0.15) is 12.1 Å². The Morgan fingerprint density at radius 3 is 2.25 bits per heavy atom. The lowest BCUT2D eigenvalue weighted by molar-refractivity contribution is -0.144. The van der Waals surface area contributed by atoms with Gasteiger partial charge in [0, 0.05) is 0 Å². The Hall–Kier alpha value is -2.16. The minimum atomic E-state index is -1.18. The lowest BCUT2D eigenvalue weighted by Crippen LogP contribution is -2.54. The summed E-state index contributed by atoms with van der Waals surface area (Å²) in [4.78, 5) is 46.7. The van der Waals surface area contributed by atoms with Crippen LogP contribution in [0.1, 0.15) is 34.1 Å². The number of rotatable bonds is 9. The van der Waals surface area contributed by atoms with E-state index in [2.05, 4.69) is 10.6 Å². The molecule has 1 aliphatic rings. The van der Waals surface area contributed by atoms with E-state index in [0.29, 0.717) is 6.42 Å². The second-order valence-electron chi connectivity index (χ2n) is 5.67. The number of carboxylic acid groups (broad SMARTS) is 1. The van der Waals surface area contributed by atoms with E-state index in [-0.39, 0.29) is 12.5 Å². The monoisotopic (exact) mass is 344 g/mol. The number of esters is 1. The SMILES string of the molecule is CCOC(=O)[C@H]1O[C@@H]1C(=O)N[C@H](C(=O)N[C@@H](C)C(=O)O)[C@@H](C)CC. The van der Waals surface area contributed by atoms with E-state index in [9.17, 15) is 19.2 Å². The molecule has 0 bridgehead atoms. The molecule has 2 amide bonds. The fourth-order valence-corrected chi connectivity index (χ4v) is 2.02. The molecule has 136 valence electrons. The summed E-state index contributed by atoms with van der Waals surface area (Å²) in [6, 6.07) is -2.00. The third-order valence-corrected chi connectivity index (χ3v) is 3.79. The van der Waals surface area contributed by atoms with Crippen molar-refractivity contribution in [3.8, 4) is 0 Å². The van der Waals surface area contributed by atoms with E-state index in [1.165, 1.54) is 6.92 Å². The van der Waals surface area contributed by atoms with E-state index in [0.717, 1.165) is 0 Å². The molecule has 0 saturated carbocycles. The van der Waals surface area contributed by atoms with Crippen LogP contribution in [0.5, 0.6) is 0 Å². The van der Waals surface area contributed by atoms with Crippen LogP contribution in [0.3, 0.4) is 0 Å². The average molecular weight is 344 g/mol. The van der Waals surface area contributed by atoms with Gasteiger partial charge in [-0.2, -0.15) is 0 Å². The van der Waals surface area contributed by atoms with Crippen molar-refractivity contribution < 1.29 is 33.8 Å². The zero-order valence-electron chi connectivity index (χ0n) is 14.2. The van der Waals surface area contributed by atoms with Crippen LogP contribution in [0.15, 0.2) is 0 Å².